The van der Waals surface area contributed by atoms with Crippen molar-refractivity contribution < 1.29 is 0 Å². The Labute approximate surface area is 105 Å². The Morgan fingerprint density at radius 1 is 1.50 bits per heavy atom. The summed E-state index contributed by atoms with van der Waals surface area (Å²) in [4.78, 5) is 11.0. The summed E-state index contributed by atoms with van der Waals surface area (Å²) in [6.45, 7) is 3.21. The lowest BCUT2D eigenvalue weighted by Gasteiger charge is -2.32. The van der Waals surface area contributed by atoms with E-state index in [0.717, 1.165) is 30.1 Å². The van der Waals surface area contributed by atoms with Gasteiger partial charge in [0.2, 0.25) is 5.95 Å². The first-order chi connectivity index (χ1) is 7.79. The number of halogens is 1. The Morgan fingerprint density at radius 2 is 2.25 bits per heavy atom. The molecule has 1 fully saturated rings. The molecule has 2 rings (SSSR count). The number of anilines is 1. The SMILES string of the molecule is CNCC1CCCN(c2ncc(Br)cn2)C1. The van der Waals surface area contributed by atoms with Gasteiger partial charge in [0.1, 0.15) is 0 Å². The van der Waals surface area contributed by atoms with Crippen LogP contribution in [0.3, 0.4) is 0 Å². The van der Waals surface area contributed by atoms with Crippen molar-refractivity contribution in [2.75, 3.05) is 31.6 Å². The van der Waals surface area contributed by atoms with Crippen molar-refractivity contribution in [3.63, 3.8) is 0 Å². The van der Waals surface area contributed by atoms with Crippen LogP contribution in [0.1, 0.15) is 12.8 Å². The molecule has 1 atom stereocenters. The van der Waals surface area contributed by atoms with Crippen LogP contribution in [0, 0.1) is 5.92 Å². The molecule has 1 aromatic rings. The second-order valence-electron chi connectivity index (χ2n) is 4.21. The highest BCUT2D eigenvalue weighted by Gasteiger charge is 2.20. The summed E-state index contributed by atoms with van der Waals surface area (Å²) in [5, 5.41) is 3.24. The maximum absolute atomic E-state index is 4.34. The standard InChI is InChI=1S/C11H17BrN4/c1-13-5-9-3-2-4-16(8-9)11-14-6-10(12)7-15-11/h6-7,9,13H,2-5,8H2,1H3. The lowest BCUT2D eigenvalue weighted by atomic mass is 9.98. The van der Waals surface area contributed by atoms with E-state index in [1.54, 1.807) is 0 Å². The molecule has 2 heterocycles. The van der Waals surface area contributed by atoms with Crippen molar-refractivity contribution in [3.05, 3.63) is 16.9 Å². The fourth-order valence-electron chi connectivity index (χ4n) is 2.17. The average molecular weight is 285 g/mol. The number of hydrogen-bond acceptors (Lipinski definition) is 4. The van der Waals surface area contributed by atoms with Gasteiger partial charge in [0.05, 0.1) is 4.47 Å². The largest absolute Gasteiger partial charge is 0.341 e. The summed E-state index contributed by atoms with van der Waals surface area (Å²) in [7, 11) is 2.01. The average Bonchev–Trinajstić information content (AvgIpc) is 2.31. The van der Waals surface area contributed by atoms with Crippen LogP contribution >= 0.6 is 15.9 Å². The minimum atomic E-state index is 0.714. The summed E-state index contributed by atoms with van der Waals surface area (Å²) < 4.78 is 0.931. The smallest absolute Gasteiger partial charge is 0.225 e. The Balaban J connectivity index is 2.01. The van der Waals surface area contributed by atoms with Gasteiger partial charge in [0.25, 0.3) is 0 Å². The van der Waals surface area contributed by atoms with Crippen LogP contribution in [0.2, 0.25) is 0 Å². The Hall–Kier alpha value is -0.680. The Bertz CT molecular complexity index is 325. The number of nitrogens with one attached hydrogen (secondary N) is 1. The van der Waals surface area contributed by atoms with Gasteiger partial charge in [-0.3, -0.25) is 0 Å². The van der Waals surface area contributed by atoms with Gasteiger partial charge in [-0.25, -0.2) is 9.97 Å². The van der Waals surface area contributed by atoms with Crippen LogP contribution < -0.4 is 10.2 Å². The van der Waals surface area contributed by atoms with Gasteiger partial charge < -0.3 is 10.2 Å². The van der Waals surface area contributed by atoms with Crippen molar-refractivity contribution in [2.45, 2.75) is 12.8 Å². The molecule has 4 nitrogen and oxygen atoms in total. The van der Waals surface area contributed by atoms with Crippen molar-refractivity contribution in [2.24, 2.45) is 5.92 Å². The van der Waals surface area contributed by atoms with Crippen molar-refractivity contribution >= 4 is 21.9 Å². The third-order valence-corrected chi connectivity index (χ3v) is 3.31. The third-order valence-electron chi connectivity index (χ3n) is 2.90. The Kier molecular flexibility index (Phi) is 4.12. The van der Waals surface area contributed by atoms with E-state index >= 15 is 0 Å². The molecule has 1 saturated heterocycles. The zero-order chi connectivity index (χ0) is 11.4. The highest BCUT2D eigenvalue weighted by molar-refractivity contribution is 9.10. The first-order valence-electron chi connectivity index (χ1n) is 5.66. The summed E-state index contributed by atoms with van der Waals surface area (Å²) in [6.07, 6.45) is 6.15. The lowest BCUT2D eigenvalue weighted by molar-refractivity contribution is 0.399. The van der Waals surface area contributed by atoms with Crippen LogP contribution in [-0.4, -0.2) is 36.6 Å². The number of aromatic nitrogens is 2. The van der Waals surface area contributed by atoms with Gasteiger partial charge in [-0.1, -0.05) is 0 Å². The molecule has 0 radical (unpaired) electrons. The van der Waals surface area contributed by atoms with Gasteiger partial charge in [-0.15, -0.1) is 0 Å². The highest BCUT2D eigenvalue weighted by Crippen LogP contribution is 2.20. The predicted molar refractivity (Wildman–Crippen MR) is 68.6 cm³/mol. The zero-order valence-electron chi connectivity index (χ0n) is 9.49. The fourth-order valence-corrected chi connectivity index (χ4v) is 2.38. The zero-order valence-corrected chi connectivity index (χ0v) is 11.1. The summed E-state index contributed by atoms with van der Waals surface area (Å²) in [6, 6.07) is 0. The molecule has 88 valence electrons. The van der Waals surface area contributed by atoms with Gasteiger partial charge >= 0.3 is 0 Å². The number of piperidine rings is 1. The molecule has 0 amide bonds. The Morgan fingerprint density at radius 3 is 2.94 bits per heavy atom. The van der Waals surface area contributed by atoms with E-state index in [4.69, 9.17) is 0 Å². The molecule has 1 aromatic heterocycles. The molecule has 0 spiro atoms. The quantitative estimate of drug-likeness (QED) is 0.917. The summed E-state index contributed by atoms with van der Waals surface area (Å²) >= 11 is 3.35. The van der Waals surface area contributed by atoms with Gasteiger partial charge in [0, 0.05) is 25.5 Å². The molecular weight excluding hydrogens is 268 g/mol. The first kappa shape index (κ1) is 11.8. The molecule has 0 aliphatic carbocycles. The number of hydrogen-bond donors (Lipinski definition) is 1. The van der Waals surface area contributed by atoms with Crippen LogP contribution in [0.5, 0.6) is 0 Å². The second kappa shape index (κ2) is 5.59. The lowest BCUT2D eigenvalue weighted by Crippen LogP contribution is -2.39. The topological polar surface area (TPSA) is 41.0 Å². The molecule has 1 aliphatic heterocycles. The molecule has 5 heteroatoms. The molecule has 0 aromatic carbocycles. The van der Waals surface area contributed by atoms with Gasteiger partial charge in [-0.05, 0) is 48.3 Å². The summed E-state index contributed by atoms with van der Waals surface area (Å²) in [5.41, 5.74) is 0. The molecule has 16 heavy (non-hydrogen) atoms. The van der Waals surface area contributed by atoms with E-state index in [1.807, 2.05) is 19.4 Å². The van der Waals surface area contributed by atoms with E-state index in [0.29, 0.717) is 5.92 Å². The third kappa shape index (κ3) is 2.92. The molecule has 1 N–H and O–H groups in total. The maximum atomic E-state index is 4.34. The normalized spacial score (nSPS) is 21.1. The highest BCUT2D eigenvalue weighted by atomic mass is 79.9. The minimum Gasteiger partial charge on any atom is -0.341 e. The van der Waals surface area contributed by atoms with Crippen molar-refractivity contribution in [1.82, 2.24) is 15.3 Å². The summed E-state index contributed by atoms with van der Waals surface area (Å²) in [5.74, 6) is 1.56. The second-order valence-corrected chi connectivity index (χ2v) is 5.13. The van der Waals surface area contributed by atoms with Crippen molar-refractivity contribution in [1.29, 1.82) is 0 Å². The van der Waals surface area contributed by atoms with E-state index in [-0.39, 0.29) is 0 Å². The van der Waals surface area contributed by atoms with Gasteiger partial charge in [0.15, 0.2) is 0 Å². The van der Waals surface area contributed by atoms with Crippen LogP contribution in [0.15, 0.2) is 16.9 Å². The number of rotatable bonds is 3. The monoisotopic (exact) mass is 284 g/mol. The fraction of sp³-hybridized carbons (Fsp3) is 0.636. The first-order valence-corrected chi connectivity index (χ1v) is 6.46. The molecule has 1 unspecified atom stereocenters. The van der Waals surface area contributed by atoms with E-state index < -0.39 is 0 Å². The van der Waals surface area contributed by atoms with Crippen LogP contribution in [-0.2, 0) is 0 Å². The van der Waals surface area contributed by atoms with E-state index in [9.17, 15) is 0 Å². The minimum absolute atomic E-state index is 0.714. The molecule has 0 saturated carbocycles. The van der Waals surface area contributed by atoms with Crippen LogP contribution in [0.25, 0.3) is 0 Å². The van der Waals surface area contributed by atoms with E-state index in [2.05, 4.69) is 36.1 Å². The van der Waals surface area contributed by atoms with Gasteiger partial charge in [-0.2, -0.15) is 0 Å². The predicted octanol–water partition coefficient (Wildman–Crippen LogP) is 1.67. The molecule has 1 aliphatic rings. The number of nitrogens with zero attached hydrogens (tertiary/aromatic N) is 3. The molecule has 0 bridgehead atoms. The molecular formula is C11H17BrN4. The maximum Gasteiger partial charge on any atom is 0.225 e. The van der Waals surface area contributed by atoms with Crippen molar-refractivity contribution in [3.8, 4) is 0 Å². The van der Waals surface area contributed by atoms with E-state index in [1.165, 1.54) is 12.8 Å². The van der Waals surface area contributed by atoms with Crippen LogP contribution in [0.4, 0.5) is 5.95 Å².